The van der Waals surface area contributed by atoms with Crippen molar-refractivity contribution in [2.75, 3.05) is 18.4 Å². The van der Waals surface area contributed by atoms with Gasteiger partial charge >= 0.3 is 12.0 Å². The van der Waals surface area contributed by atoms with Crippen molar-refractivity contribution >= 4 is 28.5 Å². The zero-order valence-electron chi connectivity index (χ0n) is 14.0. The fourth-order valence-electron chi connectivity index (χ4n) is 3.11. The van der Waals surface area contributed by atoms with Crippen LogP contribution in [0.5, 0.6) is 0 Å². The van der Waals surface area contributed by atoms with Crippen molar-refractivity contribution in [3.8, 4) is 0 Å². The maximum absolute atomic E-state index is 12.4. The van der Waals surface area contributed by atoms with Gasteiger partial charge in [0.25, 0.3) is 0 Å². The molecule has 1 aliphatic rings. The van der Waals surface area contributed by atoms with Crippen LogP contribution in [0.15, 0.2) is 36.5 Å². The van der Waals surface area contributed by atoms with Crippen molar-refractivity contribution in [3.63, 3.8) is 0 Å². The predicted octanol–water partition coefficient (Wildman–Crippen LogP) is 3.31. The first-order valence-corrected chi connectivity index (χ1v) is 9.10. The van der Waals surface area contributed by atoms with Crippen LogP contribution in [0, 0.1) is 11.8 Å². The van der Waals surface area contributed by atoms with Crippen LogP contribution in [0.2, 0.25) is 0 Å². The van der Waals surface area contributed by atoms with Crippen LogP contribution in [-0.4, -0.2) is 40.1 Å². The van der Waals surface area contributed by atoms with E-state index in [2.05, 4.69) is 22.4 Å². The molecule has 2 atom stereocenters. The summed E-state index contributed by atoms with van der Waals surface area (Å²) in [6, 6.07) is 9.80. The summed E-state index contributed by atoms with van der Waals surface area (Å²) in [4.78, 5) is 30.6. The van der Waals surface area contributed by atoms with Gasteiger partial charge in [0, 0.05) is 30.6 Å². The number of thiazole rings is 1. The molecule has 6 nitrogen and oxygen atoms in total. The summed E-state index contributed by atoms with van der Waals surface area (Å²) in [7, 11) is 0. The first-order chi connectivity index (χ1) is 12.0. The third-order valence-electron chi connectivity index (χ3n) is 4.28. The number of benzene rings is 1. The van der Waals surface area contributed by atoms with Crippen molar-refractivity contribution in [2.24, 2.45) is 11.8 Å². The van der Waals surface area contributed by atoms with Gasteiger partial charge in [-0.1, -0.05) is 37.3 Å². The summed E-state index contributed by atoms with van der Waals surface area (Å²) < 4.78 is 0. The molecule has 0 bridgehead atoms. The molecule has 2 amide bonds. The Morgan fingerprint density at radius 3 is 2.80 bits per heavy atom. The number of carboxylic acids is 1. The minimum atomic E-state index is -0.844. The van der Waals surface area contributed by atoms with Crippen LogP contribution in [0.3, 0.4) is 0 Å². The molecule has 1 saturated heterocycles. The third kappa shape index (κ3) is 4.57. The fourth-order valence-corrected chi connectivity index (χ4v) is 3.95. The zero-order chi connectivity index (χ0) is 17.8. The van der Waals surface area contributed by atoms with Gasteiger partial charge in [0.15, 0.2) is 5.13 Å². The van der Waals surface area contributed by atoms with Crippen LogP contribution in [0.25, 0.3) is 0 Å². The number of anilines is 1. The number of urea groups is 1. The van der Waals surface area contributed by atoms with E-state index in [4.69, 9.17) is 0 Å². The van der Waals surface area contributed by atoms with Gasteiger partial charge in [-0.25, -0.2) is 9.78 Å². The average Bonchev–Trinajstić information content (AvgIpc) is 3.02. The molecule has 7 heteroatoms. The van der Waals surface area contributed by atoms with Crippen LogP contribution >= 0.6 is 11.3 Å². The highest BCUT2D eigenvalue weighted by molar-refractivity contribution is 7.15. The summed E-state index contributed by atoms with van der Waals surface area (Å²) >= 11 is 1.44. The van der Waals surface area contributed by atoms with Gasteiger partial charge in [-0.05, 0) is 17.9 Å². The Morgan fingerprint density at radius 1 is 1.32 bits per heavy atom. The normalized spacial score (nSPS) is 20.3. The summed E-state index contributed by atoms with van der Waals surface area (Å²) in [6.45, 7) is 2.78. The smallest absolute Gasteiger partial charge is 0.323 e. The van der Waals surface area contributed by atoms with E-state index in [-0.39, 0.29) is 18.5 Å². The molecule has 1 fully saturated rings. The molecule has 1 aliphatic heterocycles. The number of aliphatic carboxylic acids is 1. The number of hydrogen-bond donors (Lipinski definition) is 2. The highest BCUT2D eigenvalue weighted by Crippen LogP contribution is 2.24. The summed E-state index contributed by atoms with van der Waals surface area (Å²) in [6.07, 6.45) is 3.15. The lowest BCUT2D eigenvalue weighted by Crippen LogP contribution is -2.47. The Kier molecular flexibility index (Phi) is 5.33. The quantitative estimate of drug-likeness (QED) is 0.877. The van der Waals surface area contributed by atoms with Crippen molar-refractivity contribution < 1.29 is 14.7 Å². The summed E-state index contributed by atoms with van der Waals surface area (Å²) in [5.41, 5.74) is 1.19. The van der Waals surface area contributed by atoms with Crippen molar-refractivity contribution in [2.45, 2.75) is 19.8 Å². The van der Waals surface area contributed by atoms with E-state index in [1.807, 2.05) is 25.1 Å². The Hall–Kier alpha value is -2.41. The molecule has 2 heterocycles. The van der Waals surface area contributed by atoms with Crippen molar-refractivity contribution in [3.05, 3.63) is 47.0 Å². The van der Waals surface area contributed by atoms with E-state index >= 15 is 0 Å². The third-order valence-corrected chi connectivity index (χ3v) is 5.20. The summed E-state index contributed by atoms with van der Waals surface area (Å²) in [5, 5.41) is 12.6. The van der Waals surface area contributed by atoms with E-state index in [1.165, 1.54) is 16.9 Å². The minimum absolute atomic E-state index is 0.172. The molecule has 3 rings (SSSR count). The Balaban J connectivity index is 1.60. The van der Waals surface area contributed by atoms with Crippen LogP contribution in [-0.2, 0) is 11.2 Å². The van der Waals surface area contributed by atoms with E-state index in [9.17, 15) is 14.7 Å². The molecular weight excluding hydrogens is 338 g/mol. The highest BCUT2D eigenvalue weighted by atomic mass is 32.1. The second-order valence-electron chi connectivity index (χ2n) is 6.51. The maximum atomic E-state index is 12.4. The molecule has 2 aromatic rings. The number of rotatable bonds is 4. The van der Waals surface area contributed by atoms with E-state index in [0.29, 0.717) is 18.1 Å². The van der Waals surface area contributed by atoms with Crippen molar-refractivity contribution in [1.82, 2.24) is 9.88 Å². The molecule has 0 radical (unpaired) electrons. The lowest BCUT2D eigenvalue weighted by molar-refractivity contribution is -0.143. The number of amides is 2. The number of piperidine rings is 1. The number of likely N-dealkylation sites (tertiary alicyclic amines) is 1. The predicted molar refractivity (Wildman–Crippen MR) is 96.9 cm³/mol. The number of hydrogen-bond acceptors (Lipinski definition) is 4. The number of nitrogens with zero attached hydrogens (tertiary/aromatic N) is 2. The Bertz CT molecular complexity index is 747. The maximum Gasteiger partial charge on any atom is 0.323 e. The van der Waals surface area contributed by atoms with E-state index in [0.717, 1.165) is 11.3 Å². The molecule has 1 aromatic carbocycles. The lowest BCUT2D eigenvalue weighted by Gasteiger charge is -2.34. The number of aromatic nitrogens is 1. The molecular formula is C18H21N3O3S. The number of carboxylic acid groups (broad SMARTS) is 1. The molecule has 0 aliphatic carbocycles. The molecule has 0 spiro atoms. The van der Waals surface area contributed by atoms with Gasteiger partial charge in [0.1, 0.15) is 0 Å². The van der Waals surface area contributed by atoms with Gasteiger partial charge in [0.05, 0.1) is 5.92 Å². The average molecular weight is 359 g/mol. The number of carbonyl (C=O) groups excluding carboxylic acids is 1. The molecule has 25 heavy (non-hydrogen) atoms. The van der Waals surface area contributed by atoms with Crippen LogP contribution in [0.4, 0.5) is 9.93 Å². The van der Waals surface area contributed by atoms with Crippen LogP contribution in [0.1, 0.15) is 23.8 Å². The highest BCUT2D eigenvalue weighted by Gasteiger charge is 2.32. The minimum Gasteiger partial charge on any atom is -0.481 e. The second kappa shape index (κ2) is 7.65. The second-order valence-corrected chi connectivity index (χ2v) is 7.62. The monoisotopic (exact) mass is 359 g/mol. The van der Waals surface area contributed by atoms with Crippen LogP contribution < -0.4 is 5.32 Å². The molecule has 1 aromatic heterocycles. The van der Waals surface area contributed by atoms with Crippen molar-refractivity contribution in [1.29, 1.82) is 0 Å². The first kappa shape index (κ1) is 17.4. The topological polar surface area (TPSA) is 82.5 Å². The molecule has 2 N–H and O–H groups in total. The summed E-state index contributed by atoms with van der Waals surface area (Å²) in [5.74, 6) is -1.17. The van der Waals surface area contributed by atoms with Gasteiger partial charge < -0.3 is 10.0 Å². The van der Waals surface area contributed by atoms with Gasteiger partial charge in [-0.2, -0.15) is 0 Å². The van der Waals surface area contributed by atoms with E-state index in [1.54, 1.807) is 11.1 Å². The van der Waals surface area contributed by atoms with E-state index < -0.39 is 11.9 Å². The largest absolute Gasteiger partial charge is 0.481 e. The van der Waals surface area contributed by atoms with Gasteiger partial charge in [0.2, 0.25) is 0 Å². The number of nitrogens with one attached hydrogen (secondary N) is 1. The van der Waals surface area contributed by atoms with Gasteiger partial charge in [-0.15, -0.1) is 11.3 Å². The van der Waals surface area contributed by atoms with Gasteiger partial charge in [-0.3, -0.25) is 10.1 Å². The standard InChI is InChI=1S/C18H21N3O3S/c1-12-7-14(16(22)23)11-21(10-12)18(24)20-17-19-9-15(25-17)8-13-5-3-2-4-6-13/h2-6,9,12,14H,7-8,10-11H2,1H3,(H,22,23)(H,19,20,24). The zero-order valence-corrected chi connectivity index (χ0v) is 14.8. The lowest BCUT2D eigenvalue weighted by atomic mass is 9.91. The molecule has 132 valence electrons. The Labute approximate surface area is 150 Å². The SMILES string of the molecule is CC1CC(C(=O)O)CN(C(=O)Nc2ncc(Cc3ccccc3)s2)C1. The fraction of sp³-hybridized carbons (Fsp3) is 0.389. The molecule has 0 saturated carbocycles. The first-order valence-electron chi connectivity index (χ1n) is 8.28. The Morgan fingerprint density at radius 2 is 2.08 bits per heavy atom. The molecule has 2 unspecified atom stereocenters. The number of carbonyl (C=O) groups is 2.